The number of nitrogens with zero attached hydrogens (tertiary/aromatic N) is 2. The molecule has 90 valence electrons. The van der Waals surface area contributed by atoms with Gasteiger partial charge in [-0.3, -0.25) is 0 Å². The molecule has 0 spiro atoms. The van der Waals surface area contributed by atoms with E-state index in [1.165, 1.54) is 29.3 Å². The molecule has 1 N–H and O–H groups in total. The number of hydrogen-bond acceptors (Lipinski definition) is 4. The highest BCUT2D eigenvalue weighted by molar-refractivity contribution is 7.15. The summed E-state index contributed by atoms with van der Waals surface area (Å²) in [5, 5.41) is 4.59. The summed E-state index contributed by atoms with van der Waals surface area (Å²) in [6.07, 6.45) is 6.05. The number of anilines is 1. The molecule has 1 aromatic rings. The molecular formula is C12H21N3S. The van der Waals surface area contributed by atoms with E-state index >= 15 is 0 Å². The maximum atomic E-state index is 4.53. The van der Waals surface area contributed by atoms with E-state index in [2.05, 4.69) is 36.1 Å². The molecule has 2 rings (SSSR count). The number of hydrogen-bond donors (Lipinski definition) is 1. The van der Waals surface area contributed by atoms with E-state index in [4.69, 9.17) is 0 Å². The first-order valence-corrected chi connectivity index (χ1v) is 6.96. The molecule has 1 heterocycles. The lowest BCUT2D eigenvalue weighted by atomic mass is 9.92. The predicted molar refractivity (Wildman–Crippen MR) is 70.2 cm³/mol. The lowest BCUT2D eigenvalue weighted by molar-refractivity contribution is 0.401. The van der Waals surface area contributed by atoms with E-state index < -0.39 is 0 Å². The largest absolute Gasteiger partial charge is 0.348 e. The van der Waals surface area contributed by atoms with Gasteiger partial charge in [-0.25, -0.2) is 4.98 Å². The third kappa shape index (κ3) is 2.38. The predicted octanol–water partition coefficient (Wildman–Crippen LogP) is 2.80. The van der Waals surface area contributed by atoms with Gasteiger partial charge in [0.05, 0.1) is 0 Å². The molecule has 1 atom stereocenters. The summed E-state index contributed by atoms with van der Waals surface area (Å²) in [5.74, 6) is 0. The van der Waals surface area contributed by atoms with Gasteiger partial charge in [-0.1, -0.05) is 6.92 Å². The molecule has 3 nitrogen and oxygen atoms in total. The van der Waals surface area contributed by atoms with Gasteiger partial charge in [0, 0.05) is 30.2 Å². The van der Waals surface area contributed by atoms with Crippen LogP contribution in [0.25, 0.3) is 0 Å². The third-order valence-corrected chi connectivity index (χ3v) is 4.64. The van der Waals surface area contributed by atoms with E-state index in [-0.39, 0.29) is 0 Å². The molecule has 1 aromatic heterocycles. The molecule has 0 radical (unpaired) electrons. The van der Waals surface area contributed by atoms with Crippen molar-refractivity contribution < 1.29 is 0 Å². The highest BCUT2D eigenvalue weighted by Gasteiger charge is 2.24. The van der Waals surface area contributed by atoms with Crippen LogP contribution in [0.2, 0.25) is 0 Å². The number of aromatic nitrogens is 1. The Morgan fingerprint density at radius 2 is 2.38 bits per heavy atom. The molecular weight excluding hydrogens is 218 g/mol. The van der Waals surface area contributed by atoms with Gasteiger partial charge in [0.25, 0.3) is 0 Å². The number of nitrogens with one attached hydrogen (secondary N) is 1. The van der Waals surface area contributed by atoms with Gasteiger partial charge in [-0.05, 0) is 32.7 Å². The van der Waals surface area contributed by atoms with Crippen LogP contribution in [-0.2, 0) is 0 Å². The van der Waals surface area contributed by atoms with Crippen molar-refractivity contribution in [3.05, 3.63) is 11.1 Å². The monoisotopic (exact) mass is 239 g/mol. The Kier molecular flexibility index (Phi) is 3.82. The second kappa shape index (κ2) is 5.15. The van der Waals surface area contributed by atoms with Crippen LogP contribution in [-0.4, -0.2) is 24.6 Å². The number of rotatable bonds is 5. The third-order valence-electron chi connectivity index (χ3n) is 3.37. The van der Waals surface area contributed by atoms with Crippen LogP contribution in [0.5, 0.6) is 0 Å². The zero-order valence-corrected chi connectivity index (χ0v) is 11.2. The highest BCUT2D eigenvalue weighted by atomic mass is 32.1. The van der Waals surface area contributed by atoms with Crippen LogP contribution < -0.4 is 10.2 Å². The van der Waals surface area contributed by atoms with E-state index in [0.717, 1.165) is 12.6 Å². The Hall–Kier alpha value is -0.610. The average molecular weight is 239 g/mol. The summed E-state index contributed by atoms with van der Waals surface area (Å²) in [4.78, 5) is 8.21. The first-order chi connectivity index (χ1) is 7.72. The molecule has 0 saturated heterocycles. The molecule has 1 saturated carbocycles. The molecule has 0 amide bonds. The second-order valence-corrected chi connectivity index (χ2v) is 5.56. The second-order valence-electron chi connectivity index (χ2n) is 4.52. The van der Waals surface area contributed by atoms with Crippen molar-refractivity contribution in [2.45, 2.75) is 45.2 Å². The van der Waals surface area contributed by atoms with Crippen LogP contribution in [0.15, 0.2) is 6.20 Å². The van der Waals surface area contributed by atoms with Crippen molar-refractivity contribution in [1.29, 1.82) is 0 Å². The first-order valence-electron chi connectivity index (χ1n) is 6.14. The number of thiazole rings is 1. The molecule has 1 unspecified atom stereocenters. The normalized spacial score (nSPS) is 18.2. The molecule has 0 bridgehead atoms. The van der Waals surface area contributed by atoms with Gasteiger partial charge in [0.2, 0.25) is 0 Å². The summed E-state index contributed by atoms with van der Waals surface area (Å²) in [7, 11) is 2.17. The van der Waals surface area contributed by atoms with Crippen molar-refractivity contribution in [2.24, 2.45) is 0 Å². The van der Waals surface area contributed by atoms with Crippen molar-refractivity contribution >= 4 is 16.5 Å². The maximum absolute atomic E-state index is 4.53. The average Bonchev–Trinajstić information content (AvgIpc) is 2.63. The molecule has 0 aromatic carbocycles. The Bertz CT molecular complexity index is 333. The summed E-state index contributed by atoms with van der Waals surface area (Å²) in [6.45, 7) is 5.34. The quantitative estimate of drug-likeness (QED) is 0.856. The fourth-order valence-corrected chi connectivity index (χ4v) is 2.95. The Balaban J connectivity index is 2.00. The molecule has 0 aliphatic heterocycles. The fourth-order valence-electron chi connectivity index (χ4n) is 1.98. The van der Waals surface area contributed by atoms with Crippen molar-refractivity contribution in [3.63, 3.8) is 0 Å². The summed E-state index contributed by atoms with van der Waals surface area (Å²) < 4.78 is 0. The smallest absolute Gasteiger partial charge is 0.185 e. The van der Waals surface area contributed by atoms with Crippen LogP contribution in [0, 0.1) is 0 Å². The first kappa shape index (κ1) is 11.9. The lowest BCUT2D eigenvalue weighted by Crippen LogP contribution is -2.36. The molecule has 4 heteroatoms. The van der Waals surface area contributed by atoms with Crippen molar-refractivity contribution in [1.82, 2.24) is 10.3 Å². The lowest BCUT2D eigenvalue weighted by Gasteiger charge is -2.34. The van der Waals surface area contributed by atoms with Gasteiger partial charge in [-0.15, -0.1) is 11.3 Å². The minimum absolute atomic E-state index is 0.422. The van der Waals surface area contributed by atoms with Gasteiger partial charge in [0.1, 0.15) is 0 Å². The Labute approximate surface area is 102 Å². The minimum atomic E-state index is 0.422. The summed E-state index contributed by atoms with van der Waals surface area (Å²) in [5.41, 5.74) is 0. The van der Waals surface area contributed by atoms with Crippen molar-refractivity contribution in [3.8, 4) is 0 Å². The summed E-state index contributed by atoms with van der Waals surface area (Å²) in [6, 6.07) is 1.15. The van der Waals surface area contributed by atoms with E-state index in [1.54, 1.807) is 0 Å². The zero-order valence-electron chi connectivity index (χ0n) is 10.4. The highest BCUT2D eigenvalue weighted by Crippen LogP contribution is 2.32. The molecule has 1 fully saturated rings. The van der Waals surface area contributed by atoms with Gasteiger partial charge in [-0.2, -0.15) is 0 Å². The van der Waals surface area contributed by atoms with Crippen LogP contribution >= 0.6 is 11.3 Å². The Morgan fingerprint density at radius 1 is 1.62 bits per heavy atom. The van der Waals surface area contributed by atoms with E-state index in [0.29, 0.717) is 6.04 Å². The minimum Gasteiger partial charge on any atom is -0.348 e. The SMILES string of the molecule is CCNC(C)c1cnc(N(C)C2CCC2)s1. The van der Waals surface area contributed by atoms with Gasteiger partial charge < -0.3 is 10.2 Å². The van der Waals surface area contributed by atoms with Crippen LogP contribution in [0.4, 0.5) is 5.13 Å². The van der Waals surface area contributed by atoms with Crippen molar-refractivity contribution in [2.75, 3.05) is 18.5 Å². The maximum Gasteiger partial charge on any atom is 0.185 e. The Morgan fingerprint density at radius 3 is 2.94 bits per heavy atom. The standard InChI is InChI=1S/C12H21N3S/c1-4-13-9(2)11-8-14-12(16-11)15(3)10-6-5-7-10/h8-10,13H,4-7H2,1-3H3. The molecule has 16 heavy (non-hydrogen) atoms. The van der Waals surface area contributed by atoms with Crippen LogP contribution in [0.3, 0.4) is 0 Å². The zero-order chi connectivity index (χ0) is 11.5. The van der Waals surface area contributed by atoms with Crippen LogP contribution in [0.1, 0.15) is 44.0 Å². The summed E-state index contributed by atoms with van der Waals surface area (Å²) >= 11 is 1.82. The fraction of sp³-hybridized carbons (Fsp3) is 0.750. The molecule has 1 aliphatic carbocycles. The topological polar surface area (TPSA) is 28.2 Å². The van der Waals surface area contributed by atoms with E-state index in [9.17, 15) is 0 Å². The molecule has 1 aliphatic rings. The van der Waals surface area contributed by atoms with Gasteiger partial charge >= 0.3 is 0 Å². The van der Waals surface area contributed by atoms with E-state index in [1.807, 2.05) is 17.5 Å². The van der Waals surface area contributed by atoms with Gasteiger partial charge in [0.15, 0.2) is 5.13 Å².